The Morgan fingerprint density at radius 3 is 0.862 bits per heavy atom. The fourth-order valence-electron chi connectivity index (χ4n) is 7.10. The van der Waals surface area contributed by atoms with E-state index in [1.54, 1.807) is 24.3 Å². The lowest BCUT2D eigenvalue weighted by Crippen LogP contribution is -2.12. The number of aliphatic hydroxyl groups excluding tert-OH is 2. The monoisotopic (exact) mass is 968 g/mol. The van der Waals surface area contributed by atoms with E-state index in [4.69, 9.17) is 18.9 Å². The number of hydrogen-bond donors (Lipinski definition) is 6. The Hall–Kier alpha value is -2.74. The van der Waals surface area contributed by atoms with E-state index >= 15 is 0 Å². The van der Waals surface area contributed by atoms with Gasteiger partial charge in [0.05, 0.1) is 26.4 Å². The topological polar surface area (TPSA) is 192 Å². The normalized spacial score (nSPS) is 14.1. The molecule has 1 aliphatic rings. The molecule has 316 valence electrons. The van der Waals surface area contributed by atoms with Gasteiger partial charge in [-0.1, -0.05) is 59.6 Å². The lowest BCUT2D eigenvalue weighted by molar-refractivity contribution is 0.205. The summed E-state index contributed by atoms with van der Waals surface area (Å²) in [5, 5.41) is 22.1. The largest absolute Gasteiger partial charge is 0.493 e. The number of aliphatic hydroxyl groups is 2. The smallest absolute Gasteiger partial charge is 0.358 e. The molecule has 5 rings (SSSR count). The lowest BCUT2D eigenvalue weighted by Gasteiger charge is -2.25. The lowest BCUT2D eigenvalue weighted by atomic mass is 9.89. The van der Waals surface area contributed by atoms with Crippen molar-refractivity contribution in [2.75, 3.05) is 26.4 Å². The van der Waals surface area contributed by atoms with Gasteiger partial charge in [0.15, 0.2) is 11.7 Å². The van der Waals surface area contributed by atoms with Crippen LogP contribution in [0.15, 0.2) is 57.5 Å². The van der Waals surface area contributed by atoms with Crippen molar-refractivity contribution in [1.82, 2.24) is 0 Å². The second kappa shape index (κ2) is 20.2. The molecule has 0 spiro atoms. The fraction of sp³-hybridized carbons (Fsp3) is 0.429. The first-order chi connectivity index (χ1) is 27.5. The van der Waals surface area contributed by atoms with Crippen molar-refractivity contribution < 1.29 is 57.9 Å². The van der Waals surface area contributed by atoms with Gasteiger partial charge in [-0.25, -0.2) is 0 Å². The molecule has 1 aliphatic carbocycles. The van der Waals surface area contributed by atoms with Crippen molar-refractivity contribution >= 4 is 47.1 Å². The average molecular weight is 971 g/mol. The number of halogens is 2. The Morgan fingerprint density at radius 1 is 0.466 bits per heavy atom. The van der Waals surface area contributed by atoms with E-state index in [2.05, 4.69) is 31.9 Å². The Morgan fingerprint density at radius 2 is 0.672 bits per heavy atom. The first-order valence-electron chi connectivity index (χ1n) is 19.4. The van der Waals surface area contributed by atoms with Crippen molar-refractivity contribution in [2.45, 2.75) is 90.8 Å². The highest BCUT2D eigenvalue weighted by molar-refractivity contribution is 9.10. The zero-order chi connectivity index (χ0) is 42.4. The Bertz CT molecular complexity index is 1930. The third-order valence-corrected chi connectivity index (χ3v) is 12.3. The number of ether oxygens (including phenoxy) is 4. The van der Waals surface area contributed by atoms with Crippen LogP contribution in [0.25, 0.3) is 0 Å². The molecular formula is C42H52Br2O12P2. The second-order valence-corrected chi connectivity index (χ2v) is 19.6. The molecule has 2 unspecified atom stereocenters. The molecule has 6 N–H and O–H groups in total. The maximum atomic E-state index is 12.6. The number of fused-ring (bicyclic) bond motifs is 8. The number of benzene rings is 4. The summed E-state index contributed by atoms with van der Waals surface area (Å²) in [4.78, 5) is 40.7. The quantitative estimate of drug-likeness (QED) is 0.0515. The van der Waals surface area contributed by atoms with Gasteiger partial charge in [-0.2, -0.15) is 0 Å². The zero-order valence-electron chi connectivity index (χ0n) is 33.0. The van der Waals surface area contributed by atoms with E-state index in [0.717, 1.165) is 0 Å². The molecule has 0 saturated carbocycles. The SMILES string of the molecule is CCCOc1c2cc(Br)cc1Cc1cc(C(O)P(=O)(O)O)cc(c1OCCC)Cc1cc(Br)cc(c1OCCC)Cc1cc(C(O)P(=O)(O)O)cc(c1OCCC)C2. The van der Waals surface area contributed by atoms with Crippen LogP contribution in [0.2, 0.25) is 0 Å². The first-order valence-corrected chi connectivity index (χ1v) is 24.3. The molecule has 8 bridgehead atoms. The molecule has 0 aromatic heterocycles. The van der Waals surface area contributed by atoms with Crippen molar-refractivity contribution in [3.63, 3.8) is 0 Å². The summed E-state index contributed by atoms with van der Waals surface area (Å²) < 4.78 is 52.5. The predicted molar refractivity (Wildman–Crippen MR) is 230 cm³/mol. The molecule has 4 aromatic carbocycles. The molecule has 4 aromatic rings. The molecule has 0 heterocycles. The predicted octanol–water partition coefficient (Wildman–Crippen LogP) is 9.38. The minimum absolute atomic E-state index is 0.0321. The van der Waals surface area contributed by atoms with Crippen LogP contribution in [0.5, 0.6) is 23.0 Å². The maximum Gasteiger partial charge on any atom is 0.358 e. The molecule has 0 radical (unpaired) electrons. The molecule has 58 heavy (non-hydrogen) atoms. The van der Waals surface area contributed by atoms with E-state index in [1.165, 1.54) is 0 Å². The summed E-state index contributed by atoms with van der Waals surface area (Å²) in [5.41, 5.74) is 5.17. The molecule has 0 fully saturated rings. The highest BCUT2D eigenvalue weighted by Crippen LogP contribution is 2.53. The van der Waals surface area contributed by atoms with Crippen LogP contribution in [0.1, 0.15) is 121 Å². The van der Waals surface area contributed by atoms with Gasteiger partial charge in [0.1, 0.15) is 23.0 Å². The van der Waals surface area contributed by atoms with Crippen molar-refractivity contribution in [3.8, 4) is 23.0 Å². The zero-order valence-corrected chi connectivity index (χ0v) is 38.0. The maximum absolute atomic E-state index is 12.6. The van der Waals surface area contributed by atoms with Crippen molar-refractivity contribution in [2.24, 2.45) is 0 Å². The summed E-state index contributed by atoms with van der Waals surface area (Å²) in [6, 6.07) is 13.9. The highest BCUT2D eigenvalue weighted by atomic mass is 79.9. The van der Waals surface area contributed by atoms with E-state index < -0.39 is 26.9 Å². The summed E-state index contributed by atoms with van der Waals surface area (Å²) >= 11 is 7.38. The third kappa shape index (κ3) is 11.3. The van der Waals surface area contributed by atoms with E-state index in [9.17, 15) is 38.9 Å². The summed E-state index contributed by atoms with van der Waals surface area (Å²) in [6.45, 7) is 9.34. The van der Waals surface area contributed by atoms with E-state index in [0.29, 0.717) is 129 Å². The Kier molecular flexibility index (Phi) is 16.1. The number of hydrogen-bond acceptors (Lipinski definition) is 8. The summed E-state index contributed by atoms with van der Waals surface area (Å²) in [5.74, 6) is -2.09. The first kappa shape index (κ1) is 46.3. The standard InChI is InChI=1S/C42H52Br2O12P2/c1-5-9-53-37-25-13-29-21-35(43)23-31(39(29)55-11-7-3)15-27-19-34(42(46)58(50,51)52)20-28(38(27)54-10-6-2)16-32-24-36(44)22-30(40(32)56-12-8-4)14-26(37)18-33(17-25)41(45)57(47,48)49/h17-24,41-42,45-46H,5-16H2,1-4H3,(H2,47,48,49)(H2,50,51,52). The summed E-state index contributed by atoms with van der Waals surface area (Å²) in [6.07, 6.45) is 3.41. The fourth-order valence-corrected chi connectivity index (χ4v) is 9.28. The van der Waals surface area contributed by atoms with Gasteiger partial charge in [-0.05, 0) is 108 Å². The third-order valence-electron chi connectivity index (χ3n) is 9.50. The Balaban J connectivity index is 1.94. The molecule has 0 amide bonds. The van der Waals surface area contributed by atoms with Crippen LogP contribution in [-0.4, -0.2) is 56.2 Å². The van der Waals surface area contributed by atoms with E-state index in [1.807, 2.05) is 52.0 Å². The van der Waals surface area contributed by atoms with Crippen molar-refractivity contribution in [1.29, 1.82) is 0 Å². The minimum atomic E-state index is -5.00. The average Bonchev–Trinajstić information content (AvgIpc) is 3.14. The molecule has 12 nitrogen and oxygen atoms in total. The van der Waals surface area contributed by atoms with Gasteiger partial charge in [0.25, 0.3) is 0 Å². The van der Waals surface area contributed by atoms with Gasteiger partial charge in [0.2, 0.25) is 0 Å². The molecule has 16 heteroatoms. The molecule has 0 saturated heterocycles. The van der Waals surface area contributed by atoms with Crippen LogP contribution in [0.4, 0.5) is 0 Å². The van der Waals surface area contributed by atoms with Gasteiger partial charge in [0, 0.05) is 56.9 Å². The van der Waals surface area contributed by atoms with Crippen LogP contribution in [-0.2, 0) is 34.8 Å². The van der Waals surface area contributed by atoms with Gasteiger partial charge >= 0.3 is 15.2 Å². The minimum Gasteiger partial charge on any atom is -0.493 e. The Labute approximate surface area is 356 Å². The van der Waals surface area contributed by atoms with Crippen LogP contribution >= 0.6 is 47.1 Å². The number of rotatable bonds is 16. The second-order valence-electron chi connectivity index (χ2n) is 14.5. The van der Waals surface area contributed by atoms with Crippen LogP contribution in [0.3, 0.4) is 0 Å². The van der Waals surface area contributed by atoms with Crippen molar-refractivity contribution in [3.05, 3.63) is 113 Å². The van der Waals surface area contributed by atoms with Crippen LogP contribution in [0, 0.1) is 0 Å². The van der Waals surface area contributed by atoms with Crippen LogP contribution < -0.4 is 18.9 Å². The van der Waals surface area contributed by atoms with Gasteiger partial charge < -0.3 is 48.7 Å². The molecule has 2 atom stereocenters. The molecular weight excluding hydrogens is 918 g/mol. The highest BCUT2D eigenvalue weighted by Gasteiger charge is 2.33. The van der Waals surface area contributed by atoms with Gasteiger partial charge in [-0.3, -0.25) is 9.13 Å². The molecule has 0 aliphatic heterocycles. The van der Waals surface area contributed by atoms with E-state index in [-0.39, 0.29) is 36.8 Å². The summed E-state index contributed by atoms with van der Waals surface area (Å²) in [7, 11) is -10.00. The van der Waals surface area contributed by atoms with Gasteiger partial charge in [-0.15, -0.1) is 0 Å².